The number of hydrogen-bond donors (Lipinski definition) is 1. The van der Waals surface area contributed by atoms with Crippen molar-refractivity contribution in [1.82, 2.24) is 4.57 Å². The van der Waals surface area contributed by atoms with Crippen LogP contribution in [-0.4, -0.2) is 10.6 Å². The molecule has 2 rings (SSSR count). The molecule has 1 heterocycles. The normalized spacial score (nSPS) is 15.9. The Morgan fingerprint density at radius 2 is 2.24 bits per heavy atom. The van der Waals surface area contributed by atoms with Crippen LogP contribution in [0.1, 0.15) is 43.9 Å². The summed E-state index contributed by atoms with van der Waals surface area (Å²) in [5.74, 6) is 0. The molecular weight excluding hydrogens is 212 g/mol. The van der Waals surface area contributed by atoms with Crippen LogP contribution in [0.5, 0.6) is 0 Å². The first-order chi connectivity index (χ1) is 8.22. The van der Waals surface area contributed by atoms with Crippen LogP contribution in [0.3, 0.4) is 0 Å². The van der Waals surface area contributed by atoms with Crippen molar-refractivity contribution in [2.75, 3.05) is 0 Å². The fourth-order valence-corrected chi connectivity index (χ4v) is 2.59. The van der Waals surface area contributed by atoms with Gasteiger partial charge >= 0.3 is 0 Å². The van der Waals surface area contributed by atoms with E-state index in [0.29, 0.717) is 0 Å². The Bertz CT molecular complexity index is 436. The number of rotatable bonds is 5. The highest BCUT2D eigenvalue weighted by Crippen LogP contribution is 2.20. The molecule has 1 aromatic heterocycles. The molecule has 0 aliphatic heterocycles. The Kier molecular flexibility index (Phi) is 4.00. The predicted molar refractivity (Wildman–Crippen MR) is 70.2 cm³/mol. The van der Waals surface area contributed by atoms with Crippen LogP contribution in [0.25, 0.3) is 0 Å². The van der Waals surface area contributed by atoms with Crippen molar-refractivity contribution in [2.24, 2.45) is 5.73 Å². The molecule has 1 aliphatic rings. The standard InChI is InChI=1S/C14H22N2O/c1-2-12(15)6-4-10-16-13-7-3-5-11(13)8-9-14(16)17/h8-9,12H,2-7,10,15H2,1H3. The van der Waals surface area contributed by atoms with Gasteiger partial charge in [0.05, 0.1) is 0 Å². The van der Waals surface area contributed by atoms with Crippen LogP contribution in [0.2, 0.25) is 0 Å². The van der Waals surface area contributed by atoms with Gasteiger partial charge in [0.25, 0.3) is 5.56 Å². The van der Waals surface area contributed by atoms with Crippen LogP contribution in [-0.2, 0) is 19.4 Å². The minimum atomic E-state index is 0.149. The molecule has 0 saturated carbocycles. The molecule has 1 aliphatic carbocycles. The molecule has 0 aromatic carbocycles. The van der Waals surface area contributed by atoms with E-state index in [4.69, 9.17) is 5.73 Å². The smallest absolute Gasteiger partial charge is 0.250 e. The number of fused-ring (bicyclic) bond motifs is 1. The number of nitrogens with zero attached hydrogens (tertiary/aromatic N) is 1. The summed E-state index contributed by atoms with van der Waals surface area (Å²) in [4.78, 5) is 11.9. The lowest BCUT2D eigenvalue weighted by atomic mass is 10.1. The molecule has 0 amide bonds. The van der Waals surface area contributed by atoms with E-state index in [1.807, 2.05) is 10.6 Å². The van der Waals surface area contributed by atoms with E-state index in [0.717, 1.165) is 38.6 Å². The third kappa shape index (κ3) is 2.78. The van der Waals surface area contributed by atoms with E-state index in [9.17, 15) is 4.79 Å². The quantitative estimate of drug-likeness (QED) is 0.845. The number of nitrogens with two attached hydrogens (primary N) is 1. The van der Waals surface area contributed by atoms with Gasteiger partial charge in [-0.3, -0.25) is 4.79 Å². The van der Waals surface area contributed by atoms with E-state index >= 15 is 0 Å². The van der Waals surface area contributed by atoms with E-state index < -0.39 is 0 Å². The van der Waals surface area contributed by atoms with Crippen molar-refractivity contribution in [2.45, 2.75) is 58.0 Å². The number of pyridine rings is 1. The SMILES string of the molecule is CCC(N)CCCn1c2c(ccc1=O)CCC2. The second-order valence-electron chi connectivity index (χ2n) is 4.96. The summed E-state index contributed by atoms with van der Waals surface area (Å²) in [7, 11) is 0. The van der Waals surface area contributed by atoms with Gasteiger partial charge in [-0.05, 0) is 44.1 Å². The first-order valence-electron chi connectivity index (χ1n) is 6.69. The second kappa shape index (κ2) is 5.50. The molecule has 1 aromatic rings. The summed E-state index contributed by atoms with van der Waals surface area (Å²) in [6.07, 6.45) is 6.41. The lowest BCUT2D eigenvalue weighted by Gasteiger charge is -2.13. The van der Waals surface area contributed by atoms with E-state index in [1.165, 1.54) is 17.7 Å². The predicted octanol–water partition coefficient (Wildman–Crippen LogP) is 1.85. The molecule has 94 valence electrons. The topological polar surface area (TPSA) is 48.0 Å². The van der Waals surface area contributed by atoms with Crippen molar-refractivity contribution >= 4 is 0 Å². The van der Waals surface area contributed by atoms with Crippen molar-refractivity contribution in [3.63, 3.8) is 0 Å². The molecular formula is C14H22N2O. The van der Waals surface area contributed by atoms with Crippen LogP contribution in [0.15, 0.2) is 16.9 Å². The maximum absolute atomic E-state index is 11.9. The zero-order valence-corrected chi connectivity index (χ0v) is 10.6. The summed E-state index contributed by atoms with van der Waals surface area (Å²) in [6, 6.07) is 3.99. The van der Waals surface area contributed by atoms with Crippen LogP contribution in [0.4, 0.5) is 0 Å². The highest BCUT2D eigenvalue weighted by atomic mass is 16.1. The molecule has 1 atom stereocenters. The first-order valence-corrected chi connectivity index (χ1v) is 6.69. The molecule has 2 N–H and O–H groups in total. The average molecular weight is 234 g/mol. The van der Waals surface area contributed by atoms with E-state index in [-0.39, 0.29) is 11.6 Å². The van der Waals surface area contributed by atoms with Crippen molar-refractivity contribution in [1.29, 1.82) is 0 Å². The maximum Gasteiger partial charge on any atom is 0.250 e. The molecule has 0 bridgehead atoms. The van der Waals surface area contributed by atoms with E-state index in [1.54, 1.807) is 6.07 Å². The zero-order valence-electron chi connectivity index (χ0n) is 10.6. The Hall–Kier alpha value is -1.09. The second-order valence-corrected chi connectivity index (χ2v) is 4.96. The van der Waals surface area contributed by atoms with Gasteiger partial charge in [0.15, 0.2) is 0 Å². The van der Waals surface area contributed by atoms with Crippen molar-refractivity contribution in [3.05, 3.63) is 33.7 Å². The largest absolute Gasteiger partial charge is 0.328 e. The molecule has 1 unspecified atom stereocenters. The number of hydrogen-bond acceptors (Lipinski definition) is 2. The highest BCUT2D eigenvalue weighted by molar-refractivity contribution is 5.25. The summed E-state index contributed by atoms with van der Waals surface area (Å²) >= 11 is 0. The summed E-state index contributed by atoms with van der Waals surface area (Å²) in [5.41, 5.74) is 8.68. The Morgan fingerprint density at radius 3 is 3.00 bits per heavy atom. The zero-order chi connectivity index (χ0) is 12.3. The summed E-state index contributed by atoms with van der Waals surface area (Å²) in [5, 5.41) is 0. The molecule has 0 fully saturated rings. The molecule has 0 saturated heterocycles. The maximum atomic E-state index is 11.9. The lowest BCUT2D eigenvalue weighted by Crippen LogP contribution is -2.24. The van der Waals surface area contributed by atoms with Crippen LogP contribution >= 0.6 is 0 Å². The van der Waals surface area contributed by atoms with Gasteiger partial charge < -0.3 is 10.3 Å². The monoisotopic (exact) mass is 234 g/mol. The minimum absolute atomic E-state index is 0.149. The van der Waals surface area contributed by atoms with Crippen LogP contribution < -0.4 is 11.3 Å². The lowest BCUT2D eigenvalue weighted by molar-refractivity contribution is 0.511. The van der Waals surface area contributed by atoms with Crippen molar-refractivity contribution < 1.29 is 0 Å². The third-order valence-corrected chi connectivity index (χ3v) is 3.73. The Balaban J connectivity index is 2.06. The fourth-order valence-electron chi connectivity index (χ4n) is 2.59. The van der Waals surface area contributed by atoms with Gasteiger partial charge in [0.1, 0.15) is 0 Å². The molecule has 0 radical (unpaired) electrons. The molecule has 0 spiro atoms. The fraction of sp³-hybridized carbons (Fsp3) is 0.643. The third-order valence-electron chi connectivity index (χ3n) is 3.73. The van der Waals surface area contributed by atoms with Gasteiger partial charge in [0.2, 0.25) is 0 Å². The van der Waals surface area contributed by atoms with Gasteiger partial charge in [0, 0.05) is 24.3 Å². The summed E-state index contributed by atoms with van der Waals surface area (Å²) < 4.78 is 1.96. The average Bonchev–Trinajstić information content (AvgIpc) is 2.80. The molecule has 17 heavy (non-hydrogen) atoms. The van der Waals surface area contributed by atoms with Crippen LogP contribution in [0, 0.1) is 0 Å². The van der Waals surface area contributed by atoms with Gasteiger partial charge in [-0.2, -0.15) is 0 Å². The molecule has 3 nitrogen and oxygen atoms in total. The van der Waals surface area contributed by atoms with E-state index in [2.05, 4.69) is 6.92 Å². The Morgan fingerprint density at radius 1 is 1.41 bits per heavy atom. The van der Waals surface area contributed by atoms with Crippen molar-refractivity contribution in [3.8, 4) is 0 Å². The number of aryl methyl sites for hydroxylation is 1. The highest BCUT2D eigenvalue weighted by Gasteiger charge is 2.15. The minimum Gasteiger partial charge on any atom is -0.328 e. The summed E-state index contributed by atoms with van der Waals surface area (Å²) in [6.45, 7) is 2.94. The van der Waals surface area contributed by atoms with Gasteiger partial charge in [-0.15, -0.1) is 0 Å². The van der Waals surface area contributed by atoms with Gasteiger partial charge in [-0.1, -0.05) is 13.0 Å². The molecule has 3 heteroatoms. The number of aromatic nitrogens is 1. The first kappa shape index (κ1) is 12.4. The van der Waals surface area contributed by atoms with Gasteiger partial charge in [-0.25, -0.2) is 0 Å². The Labute approximate surface area is 103 Å².